The Morgan fingerprint density at radius 1 is 1.26 bits per heavy atom. The maximum atomic E-state index is 5.93. The summed E-state index contributed by atoms with van der Waals surface area (Å²) >= 11 is 1.68. The van der Waals surface area contributed by atoms with E-state index in [0.29, 0.717) is 0 Å². The van der Waals surface area contributed by atoms with Crippen molar-refractivity contribution in [3.63, 3.8) is 0 Å². The second-order valence-corrected chi connectivity index (χ2v) is 4.86. The van der Waals surface area contributed by atoms with Crippen LogP contribution in [0.4, 0.5) is 0 Å². The zero-order valence-electron chi connectivity index (χ0n) is 11.2. The molecule has 1 aromatic heterocycles. The summed E-state index contributed by atoms with van der Waals surface area (Å²) in [7, 11) is 0. The summed E-state index contributed by atoms with van der Waals surface area (Å²) in [5.74, 6) is 1.71. The smallest absolute Gasteiger partial charge is 0.140 e. The van der Waals surface area contributed by atoms with E-state index in [9.17, 15) is 0 Å². The Balaban J connectivity index is 2.14. The van der Waals surface area contributed by atoms with Gasteiger partial charge >= 0.3 is 0 Å². The average Bonchev–Trinajstić information content (AvgIpc) is 2.46. The van der Waals surface area contributed by atoms with Gasteiger partial charge in [-0.1, -0.05) is 19.1 Å². The second kappa shape index (κ2) is 7.16. The van der Waals surface area contributed by atoms with Crippen molar-refractivity contribution in [2.45, 2.75) is 18.4 Å². The number of pyridine rings is 1. The number of hydrogen-bond acceptors (Lipinski definition) is 4. The molecule has 19 heavy (non-hydrogen) atoms. The van der Waals surface area contributed by atoms with E-state index < -0.39 is 0 Å². The first kappa shape index (κ1) is 13.9. The van der Waals surface area contributed by atoms with Gasteiger partial charge in [0.25, 0.3) is 0 Å². The molecule has 4 heteroatoms. The fourth-order valence-corrected chi connectivity index (χ4v) is 2.22. The molecule has 0 saturated carbocycles. The first-order valence-electron chi connectivity index (χ1n) is 6.30. The zero-order valence-corrected chi connectivity index (χ0v) is 12.0. The van der Waals surface area contributed by atoms with Crippen LogP contribution in [0.3, 0.4) is 0 Å². The lowest BCUT2D eigenvalue weighted by Gasteiger charge is -2.10. The molecule has 0 bridgehead atoms. The van der Waals surface area contributed by atoms with Crippen LogP contribution in [0, 0.1) is 0 Å². The Bertz CT molecular complexity index is 531. The molecular formula is C15H18N2OS. The van der Waals surface area contributed by atoms with E-state index in [4.69, 9.17) is 4.74 Å². The molecule has 1 heterocycles. The average molecular weight is 274 g/mol. The molecule has 1 N–H and O–H groups in total. The van der Waals surface area contributed by atoms with Crippen molar-refractivity contribution >= 4 is 11.8 Å². The minimum absolute atomic E-state index is 0.762. The van der Waals surface area contributed by atoms with Gasteiger partial charge in [-0.15, -0.1) is 11.8 Å². The van der Waals surface area contributed by atoms with Crippen molar-refractivity contribution in [1.82, 2.24) is 10.3 Å². The summed E-state index contributed by atoms with van der Waals surface area (Å²) in [6.45, 7) is 3.77. The van der Waals surface area contributed by atoms with Gasteiger partial charge in [-0.2, -0.15) is 0 Å². The number of ether oxygens (including phenoxy) is 1. The maximum absolute atomic E-state index is 5.93. The van der Waals surface area contributed by atoms with E-state index in [2.05, 4.69) is 23.3 Å². The van der Waals surface area contributed by atoms with E-state index in [1.54, 1.807) is 18.0 Å². The van der Waals surface area contributed by atoms with Crippen LogP contribution in [0.15, 0.2) is 47.5 Å². The summed E-state index contributed by atoms with van der Waals surface area (Å²) in [6, 6.07) is 11.9. The molecule has 0 radical (unpaired) electrons. The molecule has 0 aliphatic rings. The normalized spacial score (nSPS) is 10.4. The van der Waals surface area contributed by atoms with Gasteiger partial charge in [0.1, 0.15) is 11.5 Å². The van der Waals surface area contributed by atoms with Gasteiger partial charge in [-0.05, 0) is 31.0 Å². The Morgan fingerprint density at radius 3 is 2.89 bits per heavy atom. The number of aromatic nitrogens is 1. The molecule has 0 unspecified atom stereocenters. The lowest BCUT2D eigenvalue weighted by molar-refractivity contribution is 0.469. The third-order valence-corrected chi connectivity index (χ3v) is 3.42. The first-order chi connectivity index (χ1) is 9.33. The fourth-order valence-electron chi connectivity index (χ4n) is 1.70. The number of para-hydroxylation sites is 1. The van der Waals surface area contributed by atoms with E-state index in [1.807, 2.05) is 36.6 Å². The molecule has 0 aliphatic heterocycles. The van der Waals surface area contributed by atoms with Gasteiger partial charge in [0.05, 0.1) is 5.69 Å². The molecule has 0 aliphatic carbocycles. The molecule has 2 rings (SSSR count). The van der Waals surface area contributed by atoms with E-state index in [0.717, 1.165) is 35.2 Å². The molecular weight excluding hydrogens is 256 g/mol. The van der Waals surface area contributed by atoms with Gasteiger partial charge in [-0.25, -0.2) is 0 Å². The molecule has 0 amide bonds. The minimum Gasteiger partial charge on any atom is -0.456 e. The Hall–Kier alpha value is -1.52. The SMILES string of the molecule is CCNCc1cc(Oc2ccccc2SC)ccn1. The van der Waals surface area contributed by atoms with Gasteiger partial charge in [0.2, 0.25) is 0 Å². The van der Waals surface area contributed by atoms with Crippen LogP contribution in [-0.2, 0) is 6.54 Å². The number of nitrogens with one attached hydrogen (secondary N) is 1. The third-order valence-electron chi connectivity index (χ3n) is 2.64. The van der Waals surface area contributed by atoms with Crippen LogP contribution in [-0.4, -0.2) is 17.8 Å². The third kappa shape index (κ3) is 3.98. The van der Waals surface area contributed by atoms with Crippen LogP contribution in [0.1, 0.15) is 12.6 Å². The minimum atomic E-state index is 0.762. The van der Waals surface area contributed by atoms with Crippen LogP contribution < -0.4 is 10.1 Å². The van der Waals surface area contributed by atoms with Crippen molar-refractivity contribution < 1.29 is 4.74 Å². The number of thioether (sulfide) groups is 1. The second-order valence-electron chi connectivity index (χ2n) is 4.02. The quantitative estimate of drug-likeness (QED) is 0.814. The number of rotatable bonds is 6. The van der Waals surface area contributed by atoms with Gasteiger partial charge in [0.15, 0.2) is 0 Å². The number of nitrogens with zero attached hydrogens (tertiary/aromatic N) is 1. The fraction of sp³-hybridized carbons (Fsp3) is 0.267. The van der Waals surface area contributed by atoms with Crippen LogP contribution >= 0.6 is 11.8 Å². The molecule has 3 nitrogen and oxygen atoms in total. The Labute approximate surface area is 118 Å². The monoisotopic (exact) mass is 274 g/mol. The lowest BCUT2D eigenvalue weighted by Crippen LogP contribution is -2.12. The van der Waals surface area contributed by atoms with E-state index >= 15 is 0 Å². The predicted molar refractivity (Wildman–Crippen MR) is 79.9 cm³/mol. The summed E-state index contributed by atoms with van der Waals surface area (Å²) in [6.07, 6.45) is 3.83. The summed E-state index contributed by atoms with van der Waals surface area (Å²) < 4.78 is 5.93. The Morgan fingerprint density at radius 2 is 2.11 bits per heavy atom. The van der Waals surface area contributed by atoms with Crippen LogP contribution in [0.5, 0.6) is 11.5 Å². The molecule has 2 aromatic rings. The van der Waals surface area contributed by atoms with Crippen LogP contribution in [0.25, 0.3) is 0 Å². The molecule has 0 fully saturated rings. The summed E-state index contributed by atoms with van der Waals surface area (Å²) in [4.78, 5) is 5.45. The highest BCUT2D eigenvalue weighted by atomic mass is 32.2. The molecule has 1 aromatic carbocycles. The zero-order chi connectivity index (χ0) is 13.5. The maximum Gasteiger partial charge on any atom is 0.140 e. The highest BCUT2D eigenvalue weighted by Crippen LogP contribution is 2.31. The highest BCUT2D eigenvalue weighted by molar-refractivity contribution is 7.98. The van der Waals surface area contributed by atoms with Crippen molar-refractivity contribution in [1.29, 1.82) is 0 Å². The summed E-state index contributed by atoms with van der Waals surface area (Å²) in [5.41, 5.74) is 0.987. The largest absolute Gasteiger partial charge is 0.456 e. The van der Waals surface area contributed by atoms with Gasteiger partial charge in [-0.3, -0.25) is 4.98 Å². The predicted octanol–water partition coefficient (Wildman–Crippen LogP) is 3.71. The van der Waals surface area contributed by atoms with Crippen LogP contribution in [0.2, 0.25) is 0 Å². The number of benzene rings is 1. The molecule has 0 spiro atoms. The van der Waals surface area contributed by atoms with E-state index in [1.165, 1.54) is 0 Å². The van der Waals surface area contributed by atoms with Gasteiger partial charge in [0, 0.05) is 23.7 Å². The molecule has 0 saturated heterocycles. The topological polar surface area (TPSA) is 34.1 Å². The van der Waals surface area contributed by atoms with Crippen molar-refractivity contribution in [3.8, 4) is 11.5 Å². The summed E-state index contributed by atoms with van der Waals surface area (Å²) in [5, 5.41) is 3.26. The molecule has 0 atom stereocenters. The number of hydrogen-bond donors (Lipinski definition) is 1. The standard InChI is InChI=1S/C15H18N2OS/c1-3-16-11-12-10-13(8-9-17-12)18-14-6-4-5-7-15(14)19-2/h4-10,16H,3,11H2,1-2H3. The molecule has 100 valence electrons. The van der Waals surface area contributed by atoms with Crippen molar-refractivity contribution in [2.75, 3.05) is 12.8 Å². The highest BCUT2D eigenvalue weighted by Gasteiger charge is 2.04. The van der Waals surface area contributed by atoms with E-state index in [-0.39, 0.29) is 0 Å². The first-order valence-corrected chi connectivity index (χ1v) is 7.52. The van der Waals surface area contributed by atoms with Crippen molar-refractivity contribution in [2.24, 2.45) is 0 Å². The Kier molecular flexibility index (Phi) is 5.24. The lowest BCUT2D eigenvalue weighted by atomic mass is 10.3. The van der Waals surface area contributed by atoms with Crippen molar-refractivity contribution in [3.05, 3.63) is 48.3 Å². The van der Waals surface area contributed by atoms with Gasteiger partial charge < -0.3 is 10.1 Å².